The Kier molecular flexibility index (Phi) is 5.07. The molecule has 0 aliphatic heterocycles. The number of fused-ring (bicyclic) bond motifs is 1. The number of aryl methyl sites for hydroxylation is 2. The summed E-state index contributed by atoms with van der Waals surface area (Å²) < 4.78 is 40.6. The van der Waals surface area contributed by atoms with Gasteiger partial charge in [-0.1, -0.05) is 17.4 Å². The van der Waals surface area contributed by atoms with E-state index in [4.69, 9.17) is 0 Å². The highest BCUT2D eigenvalue weighted by atomic mass is 79.9. The summed E-state index contributed by atoms with van der Waals surface area (Å²) in [6.45, 7) is 3.52. The second-order valence-corrected chi connectivity index (χ2v) is 7.58. The summed E-state index contributed by atoms with van der Waals surface area (Å²) in [6, 6.07) is 5.79. The van der Waals surface area contributed by atoms with Gasteiger partial charge in [-0.05, 0) is 47.5 Å². The lowest BCUT2D eigenvalue weighted by Crippen LogP contribution is -2.16. The van der Waals surface area contributed by atoms with Gasteiger partial charge in [0.15, 0.2) is 10.8 Å². The van der Waals surface area contributed by atoms with Crippen LogP contribution in [-0.4, -0.2) is 20.7 Å². The minimum absolute atomic E-state index is 0.0127. The zero-order valence-electron chi connectivity index (χ0n) is 13.8. The fourth-order valence-electron chi connectivity index (χ4n) is 2.40. The number of carbonyl (C=O) groups excluding carboxylic acids is 1. The predicted octanol–water partition coefficient (Wildman–Crippen LogP) is 4.92. The topological polar surface area (TPSA) is 59.8 Å². The lowest BCUT2D eigenvalue weighted by Gasteiger charge is -2.04. The van der Waals surface area contributed by atoms with E-state index in [-0.39, 0.29) is 23.3 Å². The largest absolute Gasteiger partial charge is 0.436 e. The van der Waals surface area contributed by atoms with E-state index < -0.39 is 11.9 Å². The van der Waals surface area contributed by atoms with Crippen LogP contribution in [0.2, 0.25) is 0 Å². The van der Waals surface area contributed by atoms with Gasteiger partial charge >= 0.3 is 6.18 Å². The van der Waals surface area contributed by atoms with Crippen LogP contribution in [0.15, 0.2) is 22.7 Å². The molecule has 3 aromatic rings. The van der Waals surface area contributed by atoms with Crippen molar-refractivity contribution in [1.29, 1.82) is 0 Å². The molecule has 1 amide bonds. The minimum atomic E-state index is -4.55. The number of hydrogen-bond acceptors (Lipinski definition) is 4. The predicted molar refractivity (Wildman–Crippen MR) is 97.3 cm³/mol. The third kappa shape index (κ3) is 3.90. The van der Waals surface area contributed by atoms with Crippen LogP contribution >= 0.6 is 27.3 Å². The Morgan fingerprint density at radius 3 is 2.73 bits per heavy atom. The number of alkyl halides is 3. The maximum Gasteiger partial charge on any atom is 0.436 e. The number of amides is 1. The average molecular weight is 447 g/mol. The average Bonchev–Trinajstić information content (AvgIpc) is 3.06. The molecule has 2 heterocycles. The Labute approximate surface area is 159 Å². The van der Waals surface area contributed by atoms with Gasteiger partial charge in [-0.25, -0.2) is 4.98 Å². The smallest absolute Gasteiger partial charge is 0.302 e. The van der Waals surface area contributed by atoms with Crippen molar-refractivity contribution in [2.24, 2.45) is 0 Å². The molecular weight excluding hydrogens is 433 g/mol. The first kappa shape index (κ1) is 18.8. The Hall–Kier alpha value is -1.94. The number of benzene rings is 1. The number of hydrogen-bond donors (Lipinski definition) is 1. The zero-order valence-corrected chi connectivity index (χ0v) is 16.2. The third-order valence-corrected chi connectivity index (χ3v) is 5.63. The lowest BCUT2D eigenvalue weighted by molar-refractivity contribution is -0.142. The highest BCUT2D eigenvalue weighted by molar-refractivity contribution is 9.10. The first-order valence-corrected chi connectivity index (χ1v) is 9.23. The van der Waals surface area contributed by atoms with Crippen LogP contribution in [0.1, 0.15) is 23.4 Å². The number of carbonyl (C=O) groups is 1. The lowest BCUT2D eigenvalue weighted by atomic mass is 10.2. The number of nitrogens with one attached hydrogen (secondary N) is 1. The van der Waals surface area contributed by atoms with E-state index in [0.29, 0.717) is 10.8 Å². The number of aromatic nitrogens is 3. The van der Waals surface area contributed by atoms with Crippen LogP contribution in [-0.2, 0) is 17.5 Å². The Morgan fingerprint density at radius 2 is 2.08 bits per heavy atom. The van der Waals surface area contributed by atoms with Crippen LogP contribution < -0.4 is 5.32 Å². The van der Waals surface area contributed by atoms with E-state index >= 15 is 0 Å². The van der Waals surface area contributed by atoms with Crippen LogP contribution in [0.4, 0.5) is 18.3 Å². The molecule has 26 heavy (non-hydrogen) atoms. The molecule has 2 aromatic heterocycles. The summed E-state index contributed by atoms with van der Waals surface area (Å²) >= 11 is 4.26. The summed E-state index contributed by atoms with van der Waals surface area (Å²) in [6.07, 6.45) is -4.56. The van der Waals surface area contributed by atoms with Crippen LogP contribution in [0.5, 0.6) is 0 Å². The molecule has 0 aliphatic rings. The van der Waals surface area contributed by atoms with Crippen molar-refractivity contribution < 1.29 is 18.0 Å². The maximum absolute atomic E-state index is 12.9. The molecule has 3 rings (SSSR count). The number of halogens is 4. The summed E-state index contributed by atoms with van der Waals surface area (Å²) in [5.41, 5.74) is 1.22. The molecule has 0 bridgehead atoms. The normalized spacial score (nSPS) is 11.9. The zero-order chi connectivity index (χ0) is 19.1. The molecular formula is C16H14BrF3N4OS. The molecule has 0 aliphatic carbocycles. The second-order valence-electron chi connectivity index (χ2n) is 5.76. The molecule has 0 atom stereocenters. The third-order valence-electron chi connectivity index (χ3n) is 3.74. The van der Waals surface area contributed by atoms with Gasteiger partial charge in [0, 0.05) is 6.42 Å². The number of rotatable bonds is 4. The van der Waals surface area contributed by atoms with Crippen molar-refractivity contribution in [3.8, 4) is 0 Å². The molecule has 0 saturated heterocycles. The van der Waals surface area contributed by atoms with Gasteiger partial charge in [0.05, 0.1) is 26.9 Å². The van der Waals surface area contributed by atoms with E-state index in [1.54, 1.807) is 0 Å². The van der Waals surface area contributed by atoms with Crippen molar-refractivity contribution >= 4 is 48.5 Å². The van der Waals surface area contributed by atoms with Gasteiger partial charge in [0.2, 0.25) is 5.91 Å². The maximum atomic E-state index is 12.9. The minimum Gasteiger partial charge on any atom is -0.302 e. The van der Waals surface area contributed by atoms with Gasteiger partial charge in [-0.2, -0.15) is 18.3 Å². The quantitative estimate of drug-likeness (QED) is 0.618. The van der Waals surface area contributed by atoms with Gasteiger partial charge < -0.3 is 5.32 Å². The Bertz CT molecular complexity index is 980. The standard InChI is InChI=1S/C16H14BrF3N4OS/c1-8-3-4-10-11(7-8)26-15(21-10)22-12(25)5-6-24-9(2)13(17)14(23-24)16(18,19)20/h3-4,7H,5-6H2,1-2H3,(H,21,22,25). The molecule has 0 spiro atoms. The highest BCUT2D eigenvalue weighted by Crippen LogP contribution is 2.35. The van der Waals surface area contributed by atoms with Crippen molar-refractivity contribution in [2.45, 2.75) is 33.0 Å². The van der Waals surface area contributed by atoms with Gasteiger partial charge in [-0.15, -0.1) is 0 Å². The summed E-state index contributed by atoms with van der Waals surface area (Å²) in [7, 11) is 0. The van der Waals surface area contributed by atoms with E-state index in [1.165, 1.54) is 22.9 Å². The summed E-state index contributed by atoms with van der Waals surface area (Å²) in [4.78, 5) is 16.4. The molecule has 1 aromatic carbocycles. The van der Waals surface area contributed by atoms with Gasteiger partial charge in [0.1, 0.15) is 0 Å². The summed E-state index contributed by atoms with van der Waals surface area (Å²) in [5.74, 6) is -0.333. The Morgan fingerprint density at radius 1 is 1.35 bits per heavy atom. The van der Waals surface area contributed by atoms with Gasteiger partial charge in [-0.3, -0.25) is 9.48 Å². The Balaban J connectivity index is 1.67. The van der Waals surface area contributed by atoms with Crippen LogP contribution in [0.25, 0.3) is 10.2 Å². The van der Waals surface area contributed by atoms with Crippen LogP contribution in [0, 0.1) is 13.8 Å². The molecule has 0 unspecified atom stereocenters. The molecule has 10 heteroatoms. The van der Waals surface area contributed by atoms with Crippen molar-refractivity contribution in [2.75, 3.05) is 5.32 Å². The molecule has 138 valence electrons. The van der Waals surface area contributed by atoms with Crippen molar-refractivity contribution in [3.05, 3.63) is 39.6 Å². The van der Waals surface area contributed by atoms with E-state index in [2.05, 4.69) is 31.3 Å². The van der Waals surface area contributed by atoms with E-state index in [1.807, 2.05) is 25.1 Å². The van der Waals surface area contributed by atoms with Crippen LogP contribution in [0.3, 0.4) is 0 Å². The fraction of sp³-hybridized carbons (Fsp3) is 0.312. The molecule has 1 N–H and O–H groups in total. The second kappa shape index (κ2) is 6.99. The number of nitrogens with zero attached hydrogens (tertiary/aromatic N) is 3. The summed E-state index contributed by atoms with van der Waals surface area (Å²) in [5, 5.41) is 6.70. The van der Waals surface area contributed by atoms with Gasteiger partial charge in [0.25, 0.3) is 0 Å². The fourth-order valence-corrected chi connectivity index (χ4v) is 3.89. The van der Waals surface area contributed by atoms with E-state index in [0.717, 1.165) is 15.8 Å². The highest BCUT2D eigenvalue weighted by Gasteiger charge is 2.37. The first-order valence-electron chi connectivity index (χ1n) is 7.62. The number of thiazole rings is 1. The molecule has 0 saturated carbocycles. The number of anilines is 1. The SMILES string of the molecule is Cc1ccc2nc(NC(=O)CCn3nc(C(F)(F)F)c(Br)c3C)sc2c1. The first-order chi connectivity index (χ1) is 12.1. The molecule has 0 fully saturated rings. The molecule has 0 radical (unpaired) electrons. The van der Waals surface area contributed by atoms with E-state index in [9.17, 15) is 18.0 Å². The molecule has 5 nitrogen and oxygen atoms in total. The monoisotopic (exact) mass is 446 g/mol. The van der Waals surface area contributed by atoms with Crippen molar-refractivity contribution in [1.82, 2.24) is 14.8 Å². The van der Waals surface area contributed by atoms with Crippen molar-refractivity contribution in [3.63, 3.8) is 0 Å².